The van der Waals surface area contributed by atoms with E-state index in [1.165, 1.54) is 12.1 Å². The van der Waals surface area contributed by atoms with Crippen LogP contribution in [0.5, 0.6) is 0 Å². The van der Waals surface area contributed by atoms with E-state index in [9.17, 15) is 9.18 Å². The fourth-order valence-corrected chi connectivity index (χ4v) is 3.15. The Balaban J connectivity index is 1.73. The normalized spacial score (nSPS) is 12.0. The van der Waals surface area contributed by atoms with E-state index in [1.54, 1.807) is 12.1 Å². The Kier molecular flexibility index (Phi) is 5.61. The zero-order valence-corrected chi connectivity index (χ0v) is 16.2. The van der Waals surface area contributed by atoms with Gasteiger partial charge in [0.15, 0.2) is 0 Å². The molecule has 0 aliphatic heterocycles. The maximum absolute atomic E-state index is 13.3. The SMILES string of the molecule is Cc1cc(C)n(Cc2cccc(C(=O)NC(C)c3ccc(F)c(Cl)c3)c2)n1. The average molecular weight is 386 g/mol. The number of carbonyl (C=O) groups is 1. The molecule has 140 valence electrons. The molecule has 0 aliphatic rings. The molecule has 27 heavy (non-hydrogen) atoms. The summed E-state index contributed by atoms with van der Waals surface area (Å²) in [6.07, 6.45) is 0. The molecular formula is C21H21ClFN3O. The maximum atomic E-state index is 13.3. The number of amides is 1. The largest absolute Gasteiger partial charge is 0.346 e. The predicted octanol–water partition coefficient (Wildman–Crippen LogP) is 4.83. The number of carbonyl (C=O) groups excluding carboxylic acids is 1. The summed E-state index contributed by atoms with van der Waals surface area (Å²) < 4.78 is 15.2. The molecule has 1 heterocycles. The van der Waals surface area contributed by atoms with Gasteiger partial charge in [-0.15, -0.1) is 0 Å². The first-order valence-corrected chi connectivity index (χ1v) is 9.07. The molecule has 3 rings (SSSR count). The first-order chi connectivity index (χ1) is 12.8. The Labute approximate surface area is 163 Å². The number of aryl methyl sites for hydroxylation is 2. The second kappa shape index (κ2) is 7.92. The van der Waals surface area contributed by atoms with Crippen molar-refractivity contribution in [2.75, 3.05) is 0 Å². The lowest BCUT2D eigenvalue weighted by molar-refractivity contribution is 0.0939. The minimum absolute atomic E-state index is 0.0421. The van der Waals surface area contributed by atoms with E-state index in [0.29, 0.717) is 12.1 Å². The number of nitrogens with zero attached hydrogens (tertiary/aromatic N) is 2. The molecule has 1 atom stereocenters. The van der Waals surface area contributed by atoms with E-state index in [0.717, 1.165) is 22.5 Å². The van der Waals surface area contributed by atoms with Gasteiger partial charge in [-0.25, -0.2) is 4.39 Å². The number of rotatable bonds is 5. The first-order valence-electron chi connectivity index (χ1n) is 8.69. The quantitative estimate of drug-likeness (QED) is 0.683. The third kappa shape index (κ3) is 4.55. The summed E-state index contributed by atoms with van der Waals surface area (Å²) >= 11 is 5.83. The van der Waals surface area contributed by atoms with Crippen LogP contribution in [0.25, 0.3) is 0 Å². The third-order valence-corrected chi connectivity index (χ3v) is 4.71. The number of hydrogen-bond acceptors (Lipinski definition) is 2. The minimum Gasteiger partial charge on any atom is -0.346 e. The van der Waals surface area contributed by atoms with Crippen LogP contribution >= 0.6 is 11.6 Å². The number of halogens is 2. The van der Waals surface area contributed by atoms with E-state index in [-0.39, 0.29) is 17.0 Å². The van der Waals surface area contributed by atoms with Crippen LogP contribution in [0.4, 0.5) is 4.39 Å². The van der Waals surface area contributed by atoms with E-state index in [2.05, 4.69) is 10.4 Å². The molecule has 0 spiro atoms. The molecule has 0 saturated heterocycles. The van der Waals surface area contributed by atoms with E-state index < -0.39 is 5.82 Å². The summed E-state index contributed by atoms with van der Waals surface area (Å²) in [5.41, 5.74) is 4.34. The van der Waals surface area contributed by atoms with Gasteiger partial charge in [0.1, 0.15) is 5.82 Å². The molecule has 0 radical (unpaired) electrons. The fraction of sp³-hybridized carbons (Fsp3) is 0.238. The smallest absolute Gasteiger partial charge is 0.251 e. The zero-order chi connectivity index (χ0) is 19.6. The van der Waals surface area contributed by atoms with Gasteiger partial charge in [-0.1, -0.05) is 29.8 Å². The van der Waals surface area contributed by atoms with Gasteiger partial charge in [0, 0.05) is 11.3 Å². The van der Waals surface area contributed by atoms with Crippen LogP contribution in [0.15, 0.2) is 48.5 Å². The van der Waals surface area contributed by atoms with Gasteiger partial charge in [0.2, 0.25) is 0 Å². The van der Waals surface area contributed by atoms with Crippen molar-refractivity contribution in [1.82, 2.24) is 15.1 Å². The van der Waals surface area contributed by atoms with Crippen molar-refractivity contribution in [3.05, 3.63) is 87.4 Å². The van der Waals surface area contributed by atoms with Gasteiger partial charge >= 0.3 is 0 Å². The number of hydrogen-bond donors (Lipinski definition) is 1. The number of nitrogens with one attached hydrogen (secondary N) is 1. The highest BCUT2D eigenvalue weighted by molar-refractivity contribution is 6.30. The van der Waals surface area contributed by atoms with Crippen molar-refractivity contribution >= 4 is 17.5 Å². The molecule has 6 heteroatoms. The van der Waals surface area contributed by atoms with E-state index in [1.807, 2.05) is 49.7 Å². The lowest BCUT2D eigenvalue weighted by Gasteiger charge is -2.15. The van der Waals surface area contributed by atoms with E-state index >= 15 is 0 Å². The molecule has 1 amide bonds. The van der Waals surface area contributed by atoms with Gasteiger partial charge in [-0.2, -0.15) is 5.10 Å². The molecule has 1 unspecified atom stereocenters. The van der Waals surface area contributed by atoms with Crippen LogP contribution in [0.3, 0.4) is 0 Å². The summed E-state index contributed by atoms with van der Waals surface area (Å²) in [6.45, 7) is 6.40. The standard InChI is InChI=1S/C21H21ClFN3O/c1-13-9-14(2)26(25-13)12-16-5-4-6-18(10-16)21(27)24-15(3)17-7-8-20(23)19(22)11-17/h4-11,15H,12H2,1-3H3,(H,24,27). The van der Waals surface area contributed by atoms with Gasteiger partial charge < -0.3 is 5.32 Å². The maximum Gasteiger partial charge on any atom is 0.251 e. The summed E-state index contributed by atoms with van der Waals surface area (Å²) in [6, 6.07) is 13.6. The van der Waals surface area contributed by atoms with Crippen LogP contribution < -0.4 is 5.32 Å². The topological polar surface area (TPSA) is 46.9 Å². The fourth-order valence-electron chi connectivity index (χ4n) is 2.96. The van der Waals surface area contributed by atoms with Gasteiger partial charge in [-0.3, -0.25) is 9.48 Å². The molecule has 0 saturated carbocycles. The van der Waals surface area contributed by atoms with Gasteiger partial charge in [0.25, 0.3) is 5.91 Å². The predicted molar refractivity (Wildman–Crippen MR) is 105 cm³/mol. The lowest BCUT2D eigenvalue weighted by atomic mass is 10.1. The number of aromatic nitrogens is 2. The Morgan fingerprint density at radius 2 is 2.00 bits per heavy atom. The average Bonchev–Trinajstić information content (AvgIpc) is 2.94. The second-order valence-electron chi connectivity index (χ2n) is 6.65. The van der Waals surface area contributed by atoms with Crippen molar-refractivity contribution < 1.29 is 9.18 Å². The van der Waals surface area contributed by atoms with Gasteiger partial charge in [0.05, 0.1) is 23.3 Å². The van der Waals surface area contributed by atoms with E-state index in [4.69, 9.17) is 11.6 Å². The highest BCUT2D eigenvalue weighted by atomic mass is 35.5. The van der Waals surface area contributed by atoms with Crippen molar-refractivity contribution in [2.24, 2.45) is 0 Å². The summed E-state index contributed by atoms with van der Waals surface area (Å²) in [4.78, 5) is 12.6. The molecule has 0 bridgehead atoms. The lowest BCUT2D eigenvalue weighted by Crippen LogP contribution is -2.26. The second-order valence-corrected chi connectivity index (χ2v) is 7.06. The zero-order valence-electron chi connectivity index (χ0n) is 15.5. The monoisotopic (exact) mass is 385 g/mol. The molecular weight excluding hydrogens is 365 g/mol. The van der Waals surface area contributed by atoms with Gasteiger partial charge in [-0.05, 0) is 62.2 Å². The Hall–Kier alpha value is -2.66. The van der Waals surface area contributed by atoms with Crippen molar-refractivity contribution in [3.63, 3.8) is 0 Å². The van der Waals surface area contributed by atoms with Crippen LogP contribution in [-0.4, -0.2) is 15.7 Å². The number of benzene rings is 2. The highest BCUT2D eigenvalue weighted by Crippen LogP contribution is 2.21. The Morgan fingerprint density at radius 3 is 2.67 bits per heavy atom. The molecule has 1 aromatic heterocycles. The van der Waals surface area contributed by atoms with Crippen molar-refractivity contribution in [3.8, 4) is 0 Å². The molecule has 1 N–H and O–H groups in total. The summed E-state index contributed by atoms with van der Waals surface area (Å²) in [5.74, 6) is -0.672. The highest BCUT2D eigenvalue weighted by Gasteiger charge is 2.13. The molecule has 2 aromatic carbocycles. The van der Waals surface area contributed by atoms with Crippen LogP contribution in [0.2, 0.25) is 5.02 Å². The molecule has 0 aliphatic carbocycles. The Morgan fingerprint density at radius 1 is 1.22 bits per heavy atom. The molecule has 4 nitrogen and oxygen atoms in total. The van der Waals surface area contributed by atoms with Crippen LogP contribution in [0.1, 0.15) is 45.8 Å². The third-order valence-electron chi connectivity index (χ3n) is 4.42. The van der Waals surface area contributed by atoms with Crippen LogP contribution in [-0.2, 0) is 6.54 Å². The molecule has 3 aromatic rings. The molecule has 0 fully saturated rings. The summed E-state index contributed by atoms with van der Waals surface area (Å²) in [7, 11) is 0. The Bertz CT molecular complexity index is 983. The van der Waals surface area contributed by atoms with Crippen LogP contribution in [0, 0.1) is 19.7 Å². The minimum atomic E-state index is -0.476. The summed E-state index contributed by atoms with van der Waals surface area (Å²) in [5, 5.41) is 7.42. The van der Waals surface area contributed by atoms with Crippen molar-refractivity contribution in [2.45, 2.75) is 33.4 Å². The first kappa shape index (κ1) is 19.1. The van der Waals surface area contributed by atoms with Crippen molar-refractivity contribution in [1.29, 1.82) is 0 Å².